The lowest BCUT2D eigenvalue weighted by Crippen LogP contribution is -2.17. The summed E-state index contributed by atoms with van der Waals surface area (Å²) in [5.41, 5.74) is 4.80. The fourth-order valence-corrected chi connectivity index (χ4v) is 3.13. The van der Waals surface area contributed by atoms with Gasteiger partial charge in [-0.15, -0.1) is 5.10 Å². The molecule has 0 unspecified atom stereocenters. The first-order valence-electron chi connectivity index (χ1n) is 10.3. The molecular weight excluding hydrogens is 405 g/mol. The number of nitrogens with one attached hydrogen (secondary N) is 2. The van der Waals surface area contributed by atoms with E-state index in [-0.39, 0.29) is 0 Å². The average Bonchev–Trinajstić information content (AvgIpc) is 3.21. The van der Waals surface area contributed by atoms with Gasteiger partial charge in [0.05, 0.1) is 0 Å². The molecule has 6 nitrogen and oxygen atoms in total. The van der Waals surface area contributed by atoms with Gasteiger partial charge in [0, 0.05) is 18.7 Å². The van der Waals surface area contributed by atoms with E-state index in [4.69, 9.17) is 0 Å². The SMILES string of the molecule is Cc1ccc(CNc2nc(NCc3ccc(C)cc3)n(C(=O)c3ccc(F)cc3)n2)cc1. The van der Waals surface area contributed by atoms with Gasteiger partial charge < -0.3 is 10.6 Å². The highest BCUT2D eigenvalue weighted by atomic mass is 19.1. The zero-order valence-corrected chi connectivity index (χ0v) is 18.0. The highest BCUT2D eigenvalue weighted by molar-refractivity contribution is 5.97. The van der Waals surface area contributed by atoms with E-state index in [1.807, 2.05) is 62.4 Å². The van der Waals surface area contributed by atoms with Crippen LogP contribution in [0.2, 0.25) is 0 Å². The molecule has 0 aliphatic heterocycles. The van der Waals surface area contributed by atoms with Crippen LogP contribution in [0, 0.1) is 19.7 Å². The molecule has 4 aromatic rings. The van der Waals surface area contributed by atoms with E-state index < -0.39 is 11.7 Å². The predicted octanol–water partition coefficient (Wildman–Crippen LogP) is 4.95. The fourth-order valence-electron chi connectivity index (χ4n) is 3.13. The van der Waals surface area contributed by atoms with Crippen molar-refractivity contribution in [3.05, 3.63) is 106 Å². The molecule has 0 spiro atoms. The average molecular weight is 429 g/mol. The maximum Gasteiger partial charge on any atom is 0.281 e. The minimum absolute atomic E-state index is 0.311. The van der Waals surface area contributed by atoms with E-state index in [1.165, 1.54) is 40.1 Å². The lowest BCUT2D eigenvalue weighted by molar-refractivity contribution is 0.0947. The molecule has 0 saturated carbocycles. The highest BCUT2D eigenvalue weighted by Gasteiger charge is 2.18. The van der Waals surface area contributed by atoms with Gasteiger partial charge in [0.1, 0.15) is 5.82 Å². The van der Waals surface area contributed by atoms with E-state index in [9.17, 15) is 9.18 Å². The predicted molar refractivity (Wildman–Crippen MR) is 123 cm³/mol. The Hall–Kier alpha value is -4.00. The third-order valence-corrected chi connectivity index (χ3v) is 5.03. The van der Waals surface area contributed by atoms with Crippen LogP contribution in [0.25, 0.3) is 0 Å². The smallest absolute Gasteiger partial charge is 0.281 e. The summed E-state index contributed by atoms with van der Waals surface area (Å²) in [6, 6.07) is 21.6. The van der Waals surface area contributed by atoms with Crippen LogP contribution < -0.4 is 10.6 Å². The normalized spacial score (nSPS) is 10.7. The zero-order valence-electron chi connectivity index (χ0n) is 18.0. The van der Waals surface area contributed by atoms with Gasteiger partial charge in [-0.05, 0) is 49.2 Å². The number of nitrogens with zero attached hydrogens (tertiary/aromatic N) is 3. The Morgan fingerprint density at radius 3 is 1.91 bits per heavy atom. The first-order valence-corrected chi connectivity index (χ1v) is 10.3. The molecule has 3 aromatic carbocycles. The Labute approximate surface area is 186 Å². The third-order valence-electron chi connectivity index (χ3n) is 5.03. The standard InChI is InChI=1S/C25H24FN5O/c1-17-3-7-19(8-4-17)15-27-24-29-25(28-16-20-9-5-18(2)6-10-20)31(30-24)23(32)21-11-13-22(26)14-12-21/h3-14H,15-16H2,1-2H3,(H2,27,28,29,30). The van der Waals surface area contributed by atoms with Crippen molar-refractivity contribution in [3.8, 4) is 0 Å². The number of hydrogen-bond donors (Lipinski definition) is 2. The molecule has 4 rings (SSSR count). The van der Waals surface area contributed by atoms with Gasteiger partial charge in [0.15, 0.2) is 0 Å². The highest BCUT2D eigenvalue weighted by Crippen LogP contribution is 2.16. The summed E-state index contributed by atoms with van der Waals surface area (Å²) in [6.07, 6.45) is 0. The molecule has 0 radical (unpaired) electrons. The second kappa shape index (κ2) is 9.43. The lowest BCUT2D eigenvalue weighted by Gasteiger charge is -2.07. The van der Waals surface area contributed by atoms with Crippen molar-refractivity contribution in [2.24, 2.45) is 0 Å². The molecule has 1 heterocycles. The molecule has 0 bridgehead atoms. The van der Waals surface area contributed by atoms with E-state index in [0.29, 0.717) is 30.5 Å². The van der Waals surface area contributed by atoms with Crippen molar-refractivity contribution >= 4 is 17.8 Å². The molecule has 0 aliphatic rings. The van der Waals surface area contributed by atoms with Gasteiger partial charge in [0.2, 0.25) is 11.9 Å². The van der Waals surface area contributed by atoms with E-state index in [1.54, 1.807) is 0 Å². The second-order valence-electron chi connectivity index (χ2n) is 7.66. The second-order valence-corrected chi connectivity index (χ2v) is 7.66. The van der Waals surface area contributed by atoms with Gasteiger partial charge in [-0.1, -0.05) is 59.7 Å². The minimum atomic E-state index is -0.404. The van der Waals surface area contributed by atoms with E-state index in [0.717, 1.165) is 11.1 Å². The van der Waals surface area contributed by atoms with Gasteiger partial charge in [-0.2, -0.15) is 9.67 Å². The third kappa shape index (κ3) is 5.18. The quantitative estimate of drug-likeness (QED) is 0.435. The van der Waals surface area contributed by atoms with Crippen molar-refractivity contribution in [1.29, 1.82) is 0 Å². The van der Waals surface area contributed by atoms with E-state index in [2.05, 4.69) is 20.7 Å². The Kier molecular flexibility index (Phi) is 6.26. The van der Waals surface area contributed by atoms with Crippen LogP contribution >= 0.6 is 0 Å². The summed E-state index contributed by atoms with van der Waals surface area (Å²) in [5, 5.41) is 10.7. The van der Waals surface area contributed by atoms with Gasteiger partial charge in [-0.3, -0.25) is 4.79 Å². The van der Waals surface area contributed by atoms with Crippen molar-refractivity contribution in [1.82, 2.24) is 14.8 Å². The van der Waals surface area contributed by atoms with Crippen molar-refractivity contribution in [3.63, 3.8) is 0 Å². The lowest BCUT2D eigenvalue weighted by atomic mass is 10.1. The molecule has 0 aliphatic carbocycles. The van der Waals surface area contributed by atoms with Crippen LogP contribution in [0.1, 0.15) is 32.6 Å². The molecule has 1 aromatic heterocycles. The number of halogens is 1. The fraction of sp³-hybridized carbons (Fsp3) is 0.160. The summed E-state index contributed by atoms with van der Waals surface area (Å²) >= 11 is 0. The number of aromatic nitrogens is 3. The zero-order chi connectivity index (χ0) is 22.5. The van der Waals surface area contributed by atoms with Gasteiger partial charge in [0.25, 0.3) is 5.91 Å². The summed E-state index contributed by atoms with van der Waals surface area (Å²) in [7, 11) is 0. The number of benzene rings is 3. The van der Waals surface area contributed by atoms with Crippen molar-refractivity contribution in [2.45, 2.75) is 26.9 Å². The van der Waals surface area contributed by atoms with Crippen LogP contribution in [0.3, 0.4) is 0 Å². The van der Waals surface area contributed by atoms with Gasteiger partial charge >= 0.3 is 0 Å². The largest absolute Gasteiger partial charge is 0.350 e. The maximum atomic E-state index is 13.3. The molecule has 0 fully saturated rings. The van der Waals surface area contributed by atoms with Crippen LogP contribution in [0.15, 0.2) is 72.8 Å². The Bertz CT molecular complexity index is 1200. The molecular formula is C25H24FN5O. The number of carbonyl (C=O) groups excluding carboxylic acids is 1. The maximum absolute atomic E-state index is 13.3. The molecule has 0 saturated heterocycles. The number of rotatable bonds is 7. The number of hydrogen-bond acceptors (Lipinski definition) is 5. The molecule has 162 valence electrons. The first-order chi connectivity index (χ1) is 15.5. The Morgan fingerprint density at radius 2 is 1.34 bits per heavy atom. The monoisotopic (exact) mass is 429 g/mol. The number of aryl methyl sites for hydroxylation is 2. The van der Waals surface area contributed by atoms with Crippen LogP contribution in [-0.4, -0.2) is 20.7 Å². The van der Waals surface area contributed by atoms with Crippen LogP contribution in [0.4, 0.5) is 16.3 Å². The van der Waals surface area contributed by atoms with Gasteiger partial charge in [-0.25, -0.2) is 4.39 Å². The molecule has 2 N–H and O–H groups in total. The van der Waals surface area contributed by atoms with Crippen molar-refractivity contribution in [2.75, 3.05) is 10.6 Å². The van der Waals surface area contributed by atoms with E-state index >= 15 is 0 Å². The molecule has 7 heteroatoms. The van der Waals surface area contributed by atoms with Crippen LogP contribution in [-0.2, 0) is 13.1 Å². The molecule has 0 atom stereocenters. The summed E-state index contributed by atoms with van der Waals surface area (Å²) < 4.78 is 14.5. The summed E-state index contributed by atoms with van der Waals surface area (Å²) in [5.74, 6) is -0.163. The Balaban J connectivity index is 1.56. The number of carbonyl (C=O) groups is 1. The topological polar surface area (TPSA) is 71.8 Å². The van der Waals surface area contributed by atoms with Crippen molar-refractivity contribution < 1.29 is 9.18 Å². The summed E-state index contributed by atoms with van der Waals surface area (Å²) in [4.78, 5) is 17.5. The molecule has 32 heavy (non-hydrogen) atoms. The Morgan fingerprint density at radius 1 is 0.812 bits per heavy atom. The minimum Gasteiger partial charge on any atom is -0.350 e. The summed E-state index contributed by atoms with van der Waals surface area (Å²) in [6.45, 7) is 5.06. The molecule has 0 amide bonds. The number of anilines is 2. The first kappa shape index (κ1) is 21.2. The van der Waals surface area contributed by atoms with Crippen LogP contribution in [0.5, 0.6) is 0 Å².